The molecule has 3 fully saturated rings. The van der Waals surface area contributed by atoms with Crippen LogP contribution in [0, 0.1) is 18.8 Å². The first-order valence-corrected chi connectivity index (χ1v) is 10.7. The fourth-order valence-corrected chi connectivity index (χ4v) is 4.80. The molecule has 1 saturated carbocycles. The van der Waals surface area contributed by atoms with Crippen molar-refractivity contribution in [2.24, 2.45) is 11.8 Å². The highest BCUT2D eigenvalue weighted by Crippen LogP contribution is 2.35. The highest BCUT2D eigenvalue weighted by Gasteiger charge is 2.41. The third-order valence-corrected chi connectivity index (χ3v) is 6.39. The predicted molar refractivity (Wildman–Crippen MR) is 102 cm³/mol. The lowest BCUT2D eigenvalue weighted by Gasteiger charge is -2.29. The number of likely N-dealkylation sites (tertiary alicyclic amines) is 1. The number of aryl methyl sites for hydroxylation is 1. The second-order valence-corrected chi connectivity index (χ2v) is 8.45. The maximum atomic E-state index is 13.3. The molecule has 2 atom stereocenters. The number of H-pyrrole nitrogens is 1. The molecule has 2 N–H and O–H groups in total. The zero-order valence-electron chi connectivity index (χ0n) is 16.7. The second kappa shape index (κ2) is 8.59. The van der Waals surface area contributed by atoms with E-state index in [2.05, 4.69) is 20.5 Å². The minimum absolute atomic E-state index is 0.0149. The highest BCUT2D eigenvalue weighted by atomic mass is 16.5. The Bertz CT molecular complexity index is 694. The van der Waals surface area contributed by atoms with Crippen LogP contribution in [0.4, 0.5) is 0 Å². The minimum Gasteiger partial charge on any atom is -0.381 e. The third-order valence-electron chi connectivity index (χ3n) is 6.39. The molecule has 28 heavy (non-hydrogen) atoms. The van der Waals surface area contributed by atoms with Crippen LogP contribution in [0.1, 0.15) is 69.1 Å². The van der Waals surface area contributed by atoms with Gasteiger partial charge in [0.1, 0.15) is 5.82 Å². The van der Waals surface area contributed by atoms with Crippen LogP contribution in [0.15, 0.2) is 0 Å². The van der Waals surface area contributed by atoms with Crippen molar-refractivity contribution in [1.82, 2.24) is 25.4 Å². The molecule has 1 aromatic heterocycles. The van der Waals surface area contributed by atoms with E-state index in [0.29, 0.717) is 32.0 Å². The Hall–Kier alpha value is -1.96. The van der Waals surface area contributed by atoms with E-state index in [-0.39, 0.29) is 35.7 Å². The molecule has 1 aliphatic carbocycles. The van der Waals surface area contributed by atoms with Crippen molar-refractivity contribution < 1.29 is 14.3 Å². The largest absolute Gasteiger partial charge is 0.381 e. The molecule has 2 aliphatic heterocycles. The van der Waals surface area contributed by atoms with Crippen LogP contribution in [0.3, 0.4) is 0 Å². The average Bonchev–Trinajstić information content (AvgIpc) is 3.35. The zero-order chi connectivity index (χ0) is 19.5. The molecule has 0 spiro atoms. The van der Waals surface area contributed by atoms with E-state index < -0.39 is 0 Å². The first-order chi connectivity index (χ1) is 13.6. The Morgan fingerprint density at radius 3 is 2.54 bits per heavy atom. The predicted octanol–water partition coefficient (Wildman–Crippen LogP) is 1.88. The lowest BCUT2D eigenvalue weighted by atomic mass is 9.88. The van der Waals surface area contributed by atoms with E-state index in [1.807, 2.05) is 11.8 Å². The molecule has 8 nitrogen and oxygen atoms in total. The molecule has 0 bridgehead atoms. The first-order valence-electron chi connectivity index (χ1n) is 10.7. The Morgan fingerprint density at radius 2 is 1.86 bits per heavy atom. The number of carbonyl (C=O) groups excluding carboxylic acids is 2. The fraction of sp³-hybridized carbons (Fsp3) is 0.800. The van der Waals surface area contributed by atoms with Crippen molar-refractivity contribution in [2.45, 2.75) is 70.4 Å². The van der Waals surface area contributed by atoms with E-state index in [4.69, 9.17) is 4.74 Å². The van der Waals surface area contributed by atoms with Crippen LogP contribution < -0.4 is 5.32 Å². The normalized spacial score (nSPS) is 27.1. The van der Waals surface area contributed by atoms with Gasteiger partial charge in [0, 0.05) is 37.6 Å². The molecule has 2 saturated heterocycles. The summed E-state index contributed by atoms with van der Waals surface area (Å²) in [6, 6.07) is -0.217. The quantitative estimate of drug-likeness (QED) is 0.819. The molecule has 154 valence electrons. The van der Waals surface area contributed by atoms with Gasteiger partial charge in [0.25, 0.3) is 0 Å². The summed E-state index contributed by atoms with van der Waals surface area (Å²) < 4.78 is 5.36. The number of nitrogens with one attached hydrogen (secondary N) is 2. The van der Waals surface area contributed by atoms with Gasteiger partial charge in [0.2, 0.25) is 11.8 Å². The van der Waals surface area contributed by atoms with Gasteiger partial charge in [-0.15, -0.1) is 0 Å². The zero-order valence-corrected chi connectivity index (χ0v) is 16.7. The monoisotopic (exact) mass is 389 g/mol. The fourth-order valence-electron chi connectivity index (χ4n) is 4.80. The van der Waals surface area contributed by atoms with Crippen LogP contribution in [0.25, 0.3) is 0 Å². The van der Waals surface area contributed by atoms with Crippen LogP contribution in [0.2, 0.25) is 0 Å². The van der Waals surface area contributed by atoms with Crippen molar-refractivity contribution in [1.29, 1.82) is 0 Å². The number of carbonyl (C=O) groups is 2. The first kappa shape index (κ1) is 19.4. The lowest BCUT2D eigenvalue weighted by Crippen LogP contribution is -2.43. The number of aromatic amines is 1. The minimum atomic E-state index is -0.167. The number of nitrogens with zero attached hydrogens (tertiary/aromatic N) is 3. The van der Waals surface area contributed by atoms with Gasteiger partial charge < -0.3 is 15.0 Å². The van der Waals surface area contributed by atoms with Crippen LogP contribution in [0.5, 0.6) is 0 Å². The molecule has 2 amide bonds. The van der Waals surface area contributed by atoms with E-state index in [1.54, 1.807) is 0 Å². The van der Waals surface area contributed by atoms with Crippen molar-refractivity contribution in [2.75, 3.05) is 19.8 Å². The topological polar surface area (TPSA) is 100 Å². The molecule has 0 aromatic carbocycles. The molecular formula is C20H31N5O3. The summed E-state index contributed by atoms with van der Waals surface area (Å²) in [6.45, 7) is 3.70. The van der Waals surface area contributed by atoms with E-state index in [9.17, 15) is 9.59 Å². The Kier molecular flexibility index (Phi) is 5.94. The van der Waals surface area contributed by atoms with Crippen molar-refractivity contribution in [3.63, 3.8) is 0 Å². The van der Waals surface area contributed by atoms with Gasteiger partial charge in [-0.05, 0) is 39.0 Å². The highest BCUT2D eigenvalue weighted by molar-refractivity contribution is 5.81. The maximum absolute atomic E-state index is 13.3. The summed E-state index contributed by atoms with van der Waals surface area (Å²) >= 11 is 0. The number of amides is 2. The van der Waals surface area contributed by atoms with Crippen LogP contribution in [-0.2, 0) is 14.3 Å². The number of rotatable bonds is 4. The smallest absolute Gasteiger partial charge is 0.226 e. The third kappa shape index (κ3) is 4.21. The Labute approximate surface area is 165 Å². The van der Waals surface area contributed by atoms with Gasteiger partial charge in [-0.25, -0.2) is 4.98 Å². The molecule has 1 aromatic rings. The van der Waals surface area contributed by atoms with Crippen LogP contribution in [-0.4, -0.2) is 57.7 Å². The van der Waals surface area contributed by atoms with Gasteiger partial charge in [0.15, 0.2) is 5.82 Å². The summed E-state index contributed by atoms with van der Waals surface area (Å²) in [7, 11) is 0. The van der Waals surface area contributed by atoms with E-state index in [1.165, 1.54) is 6.42 Å². The van der Waals surface area contributed by atoms with Crippen molar-refractivity contribution >= 4 is 11.8 Å². The summed E-state index contributed by atoms with van der Waals surface area (Å²) in [4.78, 5) is 32.3. The molecule has 3 heterocycles. The summed E-state index contributed by atoms with van der Waals surface area (Å²) in [5.74, 6) is 1.81. The Morgan fingerprint density at radius 1 is 1.11 bits per heavy atom. The summed E-state index contributed by atoms with van der Waals surface area (Å²) in [6.07, 6.45) is 7.61. The number of hydrogen-bond acceptors (Lipinski definition) is 5. The van der Waals surface area contributed by atoms with Crippen LogP contribution >= 0.6 is 0 Å². The van der Waals surface area contributed by atoms with Gasteiger partial charge in [0.05, 0.1) is 6.04 Å². The molecular weight excluding hydrogens is 358 g/mol. The van der Waals surface area contributed by atoms with Gasteiger partial charge in [-0.2, -0.15) is 5.10 Å². The molecule has 0 unspecified atom stereocenters. The van der Waals surface area contributed by atoms with Gasteiger partial charge in [-0.3, -0.25) is 14.7 Å². The number of hydrogen-bond donors (Lipinski definition) is 2. The Balaban J connectivity index is 1.46. The number of aromatic nitrogens is 3. The standard InChI is InChI=1S/C20H31N5O3/c1-13-21-18(24-23-13)17-11-16(22-19(26)14-7-9-28-10-8-14)12-25(17)20(27)15-5-3-2-4-6-15/h14-17H,2-12H2,1H3,(H,22,26)(H,21,23,24)/t16-,17-/m0/s1. The van der Waals surface area contributed by atoms with Gasteiger partial charge in [-0.1, -0.05) is 19.3 Å². The average molecular weight is 390 g/mol. The second-order valence-electron chi connectivity index (χ2n) is 8.45. The molecule has 8 heteroatoms. The van der Waals surface area contributed by atoms with Gasteiger partial charge >= 0.3 is 0 Å². The maximum Gasteiger partial charge on any atom is 0.226 e. The lowest BCUT2D eigenvalue weighted by molar-refractivity contribution is -0.138. The summed E-state index contributed by atoms with van der Waals surface area (Å²) in [5.41, 5.74) is 0. The van der Waals surface area contributed by atoms with Crippen molar-refractivity contribution in [3.05, 3.63) is 11.6 Å². The number of ether oxygens (including phenoxy) is 1. The van der Waals surface area contributed by atoms with E-state index in [0.717, 1.165) is 44.3 Å². The van der Waals surface area contributed by atoms with Crippen molar-refractivity contribution in [3.8, 4) is 0 Å². The molecule has 4 rings (SSSR count). The summed E-state index contributed by atoms with van der Waals surface area (Å²) in [5, 5.41) is 10.4. The van der Waals surface area contributed by atoms with E-state index >= 15 is 0 Å². The molecule has 3 aliphatic rings. The SMILES string of the molecule is Cc1nc([C@@H]2C[C@H](NC(=O)C3CCOCC3)CN2C(=O)C2CCCCC2)n[nH]1. The molecule has 0 radical (unpaired) electrons.